The number of hydrogen-bond acceptors (Lipinski definition) is 4. The second-order valence-electron chi connectivity index (χ2n) is 6.54. The molecule has 0 saturated carbocycles. The molecule has 3 rings (SSSR count). The Morgan fingerprint density at radius 1 is 1.11 bits per heavy atom. The molecule has 1 atom stereocenters. The number of benzene rings is 1. The Morgan fingerprint density at radius 2 is 1.85 bits per heavy atom. The standard InChI is InChI=1S/C21H22ClN3OS/c1-14(2)15-7-9-16(10-8-15)20(18-6-4-12-27-18)24-13-19(26)25-17-5-3-11-23-21(17)22/h3-12,14,20,24H,13H2,1-2H3,(H,25,26)/t20-/m1/s1. The van der Waals surface area contributed by atoms with Crippen LogP contribution in [0.25, 0.3) is 0 Å². The lowest BCUT2D eigenvalue weighted by atomic mass is 9.98. The molecule has 0 saturated heterocycles. The van der Waals surface area contributed by atoms with Crippen molar-refractivity contribution in [2.75, 3.05) is 11.9 Å². The van der Waals surface area contributed by atoms with E-state index in [-0.39, 0.29) is 23.6 Å². The van der Waals surface area contributed by atoms with Crippen molar-refractivity contribution >= 4 is 34.5 Å². The summed E-state index contributed by atoms with van der Waals surface area (Å²) in [7, 11) is 0. The number of carbonyl (C=O) groups excluding carboxylic acids is 1. The van der Waals surface area contributed by atoms with Gasteiger partial charge in [-0.25, -0.2) is 4.98 Å². The summed E-state index contributed by atoms with van der Waals surface area (Å²) in [6.45, 7) is 4.52. The SMILES string of the molecule is CC(C)c1ccc([C@@H](NCC(=O)Nc2cccnc2Cl)c2cccs2)cc1. The molecule has 0 aliphatic heterocycles. The van der Waals surface area contributed by atoms with Crippen molar-refractivity contribution < 1.29 is 4.79 Å². The van der Waals surface area contributed by atoms with Gasteiger partial charge in [-0.05, 0) is 40.6 Å². The van der Waals surface area contributed by atoms with Gasteiger partial charge in [0.2, 0.25) is 5.91 Å². The van der Waals surface area contributed by atoms with Gasteiger partial charge in [-0.2, -0.15) is 0 Å². The maximum absolute atomic E-state index is 12.4. The molecule has 0 aliphatic carbocycles. The van der Waals surface area contributed by atoms with Crippen LogP contribution in [-0.2, 0) is 4.79 Å². The molecule has 3 aromatic rings. The van der Waals surface area contributed by atoms with E-state index in [0.717, 1.165) is 5.56 Å². The van der Waals surface area contributed by atoms with Crippen molar-refractivity contribution in [3.63, 3.8) is 0 Å². The zero-order valence-electron chi connectivity index (χ0n) is 15.3. The zero-order valence-corrected chi connectivity index (χ0v) is 16.8. The maximum atomic E-state index is 12.4. The molecule has 2 N–H and O–H groups in total. The van der Waals surface area contributed by atoms with Gasteiger partial charge >= 0.3 is 0 Å². The van der Waals surface area contributed by atoms with E-state index in [4.69, 9.17) is 11.6 Å². The lowest BCUT2D eigenvalue weighted by molar-refractivity contribution is -0.115. The molecular formula is C21H22ClN3OS. The number of nitrogens with zero attached hydrogens (tertiary/aromatic N) is 1. The summed E-state index contributed by atoms with van der Waals surface area (Å²) in [6, 6.07) is 16.1. The summed E-state index contributed by atoms with van der Waals surface area (Å²) in [5.74, 6) is 0.326. The molecule has 0 aliphatic rings. The first-order valence-electron chi connectivity index (χ1n) is 8.81. The van der Waals surface area contributed by atoms with Crippen LogP contribution in [0, 0.1) is 0 Å². The summed E-state index contributed by atoms with van der Waals surface area (Å²) >= 11 is 7.67. The number of aromatic nitrogens is 1. The average Bonchev–Trinajstić information content (AvgIpc) is 3.19. The average molecular weight is 400 g/mol. The molecule has 2 heterocycles. The highest BCUT2D eigenvalue weighted by molar-refractivity contribution is 7.10. The third-order valence-electron chi connectivity index (χ3n) is 4.26. The van der Waals surface area contributed by atoms with Crippen LogP contribution < -0.4 is 10.6 Å². The van der Waals surface area contributed by atoms with Crippen LogP contribution in [0.5, 0.6) is 0 Å². The molecule has 0 unspecified atom stereocenters. The number of amides is 1. The summed E-state index contributed by atoms with van der Waals surface area (Å²) in [5, 5.41) is 8.48. The molecule has 1 amide bonds. The van der Waals surface area contributed by atoms with Crippen LogP contribution in [-0.4, -0.2) is 17.4 Å². The van der Waals surface area contributed by atoms with Crippen molar-refractivity contribution in [1.29, 1.82) is 0 Å². The number of rotatable bonds is 7. The van der Waals surface area contributed by atoms with E-state index in [9.17, 15) is 4.79 Å². The van der Waals surface area contributed by atoms with Crippen LogP contribution >= 0.6 is 22.9 Å². The van der Waals surface area contributed by atoms with E-state index >= 15 is 0 Å². The van der Waals surface area contributed by atoms with Gasteiger partial charge in [-0.3, -0.25) is 10.1 Å². The Morgan fingerprint density at radius 3 is 2.48 bits per heavy atom. The minimum atomic E-state index is -0.162. The molecule has 2 aromatic heterocycles. The second kappa shape index (κ2) is 9.13. The summed E-state index contributed by atoms with van der Waals surface area (Å²) < 4.78 is 0. The number of nitrogens with one attached hydrogen (secondary N) is 2. The molecule has 6 heteroatoms. The normalized spacial score (nSPS) is 12.1. The van der Waals surface area contributed by atoms with Crippen LogP contribution in [0.15, 0.2) is 60.1 Å². The first-order chi connectivity index (χ1) is 13.0. The molecule has 1 aromatic carbocycles. The molecule has 140 valence electrons. The Kier molecular flexibility index (Phi) is 6.61. The van der Waals surface area contributed by atoms with Gasteiger partial charge in [0.25, 0.3) is 0 Å². The Bertz CT molecular complexity index is 879. The molecule has 0 fully saturated rings. The highest BCUT2D eigenvalue weighted by Crippen LogP contribution is 2.27. The third-order valence-corrected chi connectivity index (χ3v) is 5.50. The first-order valence-corrected chi connectivity index (χ1v) is 10.1. The fraction of sp³-hybridized carbons (Fsp3) is 0.238. The predicted octanol–water partition coefficient (Wildman–Crippen LogP) is 5.24. The first kappa shape index (κ1) is 19.5. The highest BCUT2D eigenvalue weighted by atomic mass is 35.5. The number of hydrogen-bond donors (Lipinski definition) is 2. The topological polar surface area (TPSA) is 54.0 Å². The number of pyridine rings is 1. The van der Waals surface area contributed by atoms with Crippen molar-refractivity contribution in [1.82, 2.24) is 10.3 Å². The van der Waals surface area contributed by atoms with Crippen LogP contribution in [0.2, 0.25) is 5.15 Å². The minimum absolute atomic E-state index is 0.0404. The minimum Gasteiger partial charge on any atom is -0.322 e. The number of halogens is 1. The molecule has 0 radical (unpaired) electrons. The molecule has 27 heavy (non-hydrogen) atoms. The second-order valence-corrected chi connectivity index (χ2v) is 7.88. The van der Waals surface area contributed by atoms with Crippen LogP contribution in [0.1, 0.15) is 41.8 Å². The number of anilines is 1. The van der Waals surface area contributed by atoms with E-state index in [1.165, 1.54) is 10.4 Å². The van der Waals surface area contributed by atoms with E-state index in [1.807, 2.05) is 11.4 Å². The van der Waals surface area contributed by atoms with E-state index in [0.29, 0.717) is 11.6 Å². The number of thiophene rings is 1. The van der Waals surface area contributed by atoms with Gasteiger partial charge in [0, 0.05) is 11.1 Å². The van der Waals surface area contributed by atoms with E-state index in [2.05, 4.69) is 59.8 Å². The van der Waals surface area contributed by atoms with Gasteiger partial charge in [0.15, 0.2) is 5.15 Å². The van der Waals surface area contributed by atoms with Crippen molar-refractivity contribution in [2.45, 2.75) is 25.8 Å². The van der Waals surface area contributed by atoms with Gasteiger partial charge in [0.05, 0.1) is 18.3 Å². The number of carbonyl (C=O) groups is 1. The summed E-state index contributed by atoms with van der Waals surface area (Å²) in [6.07, 6.45) is 1.59. The van der Waals surface area contributed by atoms with Gasteiger partial charge in [-0.15, -0.1) is 11.3 Å². The lowest BCUT2D eigenvalue weighted by Gasteiger charge is -2.19. The smallest absolute Gasteiger partial charge is 0.238 e. The fourth-order valence-corrected chi connectivity index (χ4v) is 3.77. The monoisotopic (exact) mass is 399 g/mol. The zero-order chi connectivity index (χ0) is 19.2. The van der Waals surface area contributed by atoms with Gasteiger partial charge in [-0.1, -0.05) is 55.8 Å². The molecule has 0 spiro atoms. The third kappa shape index (κ3) is 5.16. The Balaban J connectivity index is 1.71. The van der Waals surface area contributed by atoms with Crippen LogP contribution in [0.4, 0.5) is 5.69 Å². The summed E-state index contributed by atoms with van der Waals surface area (Å²) in [5.41, 5.74) is 2.95. The Labute approximate surface area is 168 Å². The van der Waals surface area contributed by atoms with Crippen molar-refractivity contribution in [3.8, 4) is 0 Å². The predicted molar refractivity (Wildman–Crippen MR) is 113 cm³/mol. The Hall–Kier alpha value is -2.21. The van der Waals surface area contributed by atoms with E-state index < -0.39 is 0 Å². The quantitative estimate of drug-likeness (QED) is 0.534. The maximum Gasteiger partial charge on any atom is 0.238 e. The highest BCUT2D eigenvalue weighted by Gasteiger charge is 2.17. The lowest BCUT2D eigenvalue weighted by Crippen LogP contribution is -2.31. The largest absolute Gasteiger partial charge is 0.322 e. The van der Waals surface area contributed by atoms with E-state index in [1.54, 1.807) is 29.7 Å². The molecular weight excluding hydrogens is 378 g/mol. The van der Waals surface area contributed by atoms with Crippen molar-refractivity contribution in [2.24, 2.45) is 0 Å². The van der Waals surface area contributed by atoms with Crippen molar-refractivity contribution in [3.05, 3.63) is 81.3 Å². The molecule has 0 bridgehead atoms. The summed E-state index contributed by atoms with van der Waals surface area (Å²) in [4.78, 5) is 17.5. The van der Waals surface area contributed by atoms with Crippen LogP contribution in [0.3, 0.4) is 0 Å². The fourth-order valence-electron chi connectivity index (χ4n) is 2.78. The van der Waals surface area contributed by atoms with Gasteiger partial charge in [0.1, 0.15) is 0 Å². The molecule has 4 nitrogen and oxygen atoms in total. The van der Waals surface area contributed by atoms with Gasteiger partial charge < -0.3 is 5.32 Å².